The molecule has 1 atom stereocenters. The Bertz CT molecular complexity index is 377. The largest absolute Gasteiger partial charge is 0.117 e. The zero-order valence-corrected chi connectivity index (χ0v) is 10.1. The van der Waals surface area contributed by atoms with Gasteiger partial charge >= 0.3 is 0 Å². The first kappa shape index (κ1) is 10.0. The number of alkyl halides is 1. The molecule has 0 fully saturated rings. The highest BCUT2D eigenvalue weighted by atomic mass is 35.5. The van der Waals surface area contributed by atoms with Crippen LogP contribution in [0.5, 0.6) is 0 Å². The van der Waals surface area contributed by atoms with Gasteiger partial charge in [0, 0.05) is 0 Å². The Morgan fingerprint density at radius 3 is 2.43 bits per heavy atom. The second kappa shape index (κ2) is 3.00. The Morgan fingerprint density at radius 1 is 1.21 bits per heavy atom. The van der Waals surface area contributed by atoms with Crippen molar-refractivity contribution in [1.29, 1.82) is 0 Å². The second-order valence-electron chi connectivity index (χ2n) is 5.16. The van der Waals surface area contributed by atoms with E-state index in [0.29, 0.717) is 0 Å². The standard InChI is InChI=1S/C13H17Cl/c1-8-5-10-7-13(3,4)12(14)11(10)6-9(8)2/h5-6,12H,7H2,1-4H3. The first-order valence-corrected chi connectivity index (χ1v) is 5.59. The van der Waals surface area contributed by atoms with Crippen molar-refractivity contribution in [2.75, 3.05) is 0 Å². The molecule has 0 aliphatic heterocycles. The van der Waals surface area contributed by atoms with E-state index in [1.54, 1.807) is 0 Å². The summed E-state index contributed by atoms with van der Waals surface area (Å²) in [7, 11) is 0. The van der Waals surface area contributed by atoms with Gasteiger partial charge in [0.2, 0.25) is 0 Å². The molecular weight excluding hydrogens is 192 g/mol. The van der Waals surface area contributed by atoms with Crippen LogP contribution in [0.3, 0.4) is 0 Å². The molecule has 0 saturated heterocycles. The molecule has 2 rings (SSSR count). The smallest absolute Gasteiger partial charge is 0.0642 e. The number of rotatable bonds is 0. The molecule has 0 nitrogen and oxygen atoms in total. The van der Waals surface area contributed by atoms with E-state index < -0.39 is 0 Å². The lowest BCUT2D eigenvalue weighted by atomic mass is 9.90. The van der Waals surface area contributed by atoms with Crippen LogP contribution in [0.15, 0.2) is 12.1 Å². The third-order valence-electron chi connectivity index (χ3n) is 3.36. The Kier molecular flexibility index (Phi) is 2.15. The molecule has 0 saturated carbocycles. The maximum atomic E-state index is 6.46. The van der Waals surface area contributed by atoms with E-state index in [1.165, 1.54) is 22.3 Å². The van der Waals surface area contributed by atoms with Crippen molar-refractivity contribution in [3.05, 3.63) is 34.4 Å². The SMILES string of the molecule is Cc1cc2c(cc1C)C(Cl)C(C)(C)C2. The summed E-state index contributed by atoms with van der Waals surface area (Å²) >= 11 is 6.46. The Labute approximate surface area is 91.3 Å². The van der Waals surface area contributed by atoms with Crippen LogP contribution in [-0.4, -0.2) is 0 Å². The molecule has 0 bridgehead atoms. The maximum Gasteiger partial charge on any atom is 0.0642 e. The molecule has 0 spiro atoms. The quantitative estimate of drug-likeness (QED) is 0.562. The molecule has 0 heterocycles. The summed E-state index contributed by atoms with van der Waals surface area (Å²) in [6.45, 7) is 8.82. The molecule has 1 heteroatoms. The van der Waals surface area contributed by atoms with Crippen molar-refractivity contribution in [2.45, 2.75) is 39.5 Å². The van der Waals surface area contributed by atoms with E-state index in [9.17, 15) is 0 Å². The molecule has 14 heavy (non-hydrogen) atoms. The molecule has 1 aromatic rings. The van der Waals surface area contributed by atoms with Gasteiger partial charge in [0.1, 0.15) is 0 Å². The van der Waals surface area contributed by atoms with Crippen LogP contribution in [0.4, 0.5) is 0 Å². The van der Waals surface area contributed by atoms with Crippen LogP contribution in [-0.2, 0) is 6.42 Å². The Balaban J connectivity index is 2.55. The molecule has 1 aromatic carbocycles. The van der Waals surface area contributed by atoms with Crippen molar-refractivity contribution in [3.63, 3.8) is 0 Å². The molecule has 1 unspecified atom stereocenters. The number of halogens is 1. The van der Waals surface area contributed by atoms with Crippen LogP contribution in [0, 0.1) is 19.3 Å². The van der Waals surface area contributed by atoms with Gasteiger partial charge in [-0.2, -0.15) is 0 Å². The van der Waals surface area contributed by atoms with Gasteiger partial charge < -0.3 is 0 Å². The topological polar surface area (TPSA) is 0 Å². The highest BCUT2D eigenvalue weighted by Gasteiger charge is 2.37. The van der Waals surface area contributed by atoms with Crippen molar-refractivity contribution in [2.24, 2.45) is 5.41 Å². The van der Waals surface area contributed by atoms with Crippen LogP contribution < -0.4 is 0 Å². The van der Waals surface area contributed by atoms with Crippen LogP contribution in [0.25, 0.3) is 0 Å². The predicted octanol–water partition coefficient (Wildman–Crippen LogP) is 4.17. The van der Waals surface area contributed by atoms with E-state index in [2.05, 4.69) is 39.8 Å². The van der Waals surface area contributed by atoms with E-state index in [-0.39, 0.29) is 10.8 Å². The van der Waals surface area contributed by atoms with Crippen LogP contribution in [0.1, 0.15) is 41.5 Å². The average Bonchev–Trinajstić information content (AvgIpc) is 2.28. The summed E-state index contributed by atoms with van der Waals surface area (Å²) in [5.74, 6) is 0. The number of benzene rings is 1. The zero-order chi connectivity index (χ0) is 10.5. The fourth-order valence-corrected chi connectivity index (χ4v) is 2.57. The molecule has 0 N–H and O–H groups in total. The Morgan fingerprint density at radius 2 is 1.79 bits per heavy atom. The fraction of sp³-hybridized carbons (Fsp3) is 0.538. The van der Waals surface area contributed by atoms with Gasteiger partial charge in [0.25, 0.3) is 0 Å². The molecular formula is C13H17Cl. The number of hydrogen-bond acceptors (Lipinski definition) is 0. The van der Waals surface area contributed by atoms with Gasteiger partial charge in [-0.25, -0.2) is 0 Å². The summed E-state index contributed by atoms with van der Waals surface area (Å²) in [5.41, 5.74) is 5.74. The minimum atomic E-state index is 0.178. The van der Waals surface area contributed by atoms with Gasteiger partial charge in [-0.15, -0.1) is 11.6 Å². The lowest BCUT2D eigenvalue weighted by molar-refractivity contribution is 0.379. The lowest BCUT2D eigenvalue weighted by Crippen LogP contribution is -2.12. The second-order valence-corrected chi connectivity index (χ2v) is 5.60. The third-order valence-corrected chi connectivity index (χ3v) is 4.19. The first-order valence-electron chi connectivity index (χ1n) is 5.16. The third kappa shape index (κ3) is 1.37. The van der Waals surface area contributed by atoms with E-state index in [4.69, 9.17) is 11.6 Å². The minimum Gasteiger partial charge on any atom is -0.117 e. The normalized spacial score (nSPS) is 23.6. The predicted molar refractivity (Wildman–Crippen MR) is 62.0 cm³/mol. The van der Waals surface area contributed by atoms with Gasteiger partial charge in [-0.05, 0) is 47.9 Å². The lowest BCUT2D eigenvalue weighted by Gasteiger charge is -2.21. The van der Waals surface area contributed by atoms with Gasteiger partial charge in [0.05, 0.1) is 5.38 Å². The fourth-order valence-electron chi connectivity index (χ4n) is 2.29. The summed E-state index contributed by atoms with van der Waals surface area (Å²) in [4.78, 5) is 0. The van der Waals surface area contributed by atoms with E-state index in [1.807, 2.05) is 0 Å². The van der Waals surface area contributed by atoms with Gasteiger partial charge in [0.15, 0.2) is 0 Å². The van der Waals surface area contributed by atoms with E-state index >= 15 is 0 Å². The van der Waals surface area contributed by atoms with Crippen LogP contribution >= 0.6 is 11.6 Å². The summed E-state index contributed by atoms with van der Waals surface area (Å²) in [5, 5.41) is 0.178. The monoisotopic (exact) mass is 208 g/mol. The van der Waals surface area contributed by atoms with Gasteiger partial charge in [-0.3, -0.25) is 0 Å². The molecule has 76 valence electrons. The van der Waals surface area contributed by atoms with Crippen molar-refractivity contribution in [3.8, 4) is 0 Å². The summed E-state index contributed by atoms with van der Waals surface area (Å²) in [6, 6.07) is 4.56. The number of hydrogen-bond donors (Lipinski definition) is 0. The van der Waals surface area contributed by atoms with E-state index in [0.717, 1.165) is 6.42 Å². The van der Waals surface area contributed by atoms with Gasteiger partial charge in [-0.1, -0.05) is 26.0 Å². The zero-order valence-electron chi connectivity index (χ0n) is 9.32. The van der Waals surface area contributed by atoms with Crippen molar-refractivity contribution < 1.29 is 0 Å². The van der Waals surface area contributed by atoms with Crippen molar-refractivity contribution >= 4 is 11.6 Å². The molecule has 0 radical (unpaired) electrons. The minimum absolute atomic E-state index is 0.178. The average molecular weight is 209 g/mol. The maximum absolute atomic E-state index is 6.46. The number of aryl methyl sites for hydroxylation is 2. The molecule has 0 aromatic heterocycles. The Hall–Kier alpha value is -0.490. The summed E-state index contributed by atoms with van der Waals surface area (Å²) < 4.78 is 0. The molecule has 0 amide bonds. The molecule has 1 aliphatic rings. The highest BCUT2D eigenvalue weighted by molar-refractivity contribution is 6.21. The first-order chi connectivity index (χ1) is 6.42. The highest BCUT2D eigenvalue weighted by Crippen LogP contribution is 2.49. The summed E-state index contributed by atoms with van der Waals surface area (Å²) in [6.07, 6.45) is 1.11. The van der Waals surface area contributed by atoms with Crippen LogP contribution in [0.2, 0.25) is 0 Å². The number of fused-ring (bicyclic) bond motifs is 1. The molecule has 1 aliphatic carbocycles. The van der Waals surface area contributed by atoms with Crippen molar-refractivity contribution in [1.82, 2.24) is 0 Å².